The van der Waals surface area contributed by atoms with Crippen molar-refractivity contribution >= 4 is 17.8 Å². The van der Waals surface area contributed by atoms with Crippen molar-refractivity contribution in [3.05, 3.63) is 23.8 Å². The summed E-state index contributed by atoms with van der Waals surface area (Å²) in [6.07, 6.45) is 0.732. The lowest BCUT2D eigenvalue weighted by atomic mass is 10.1. The number of hydrogen-bond donors (Lipinski definition) is 4. The largest absolute Gasteiger partial charge is 0.493 e. The van der Waals surface area contributed by atoms with Crippen LogP contribution in [-0.4, -0.2) is 78.9 Å². The fraction of sp³-hybridized carbons (Fsp3) is 0.550. The van der Waals surface area contributed by atoms with Crippen LogP contribution in [0.5, 0.6) is 11.5 Å². The van der Waals surface area contributed by atoms with Crippen molar-refractivity contribution < 1.29 is 34.1 Å². The van der Waals surface area contributed by atoms with E-state index < -0.39 is 11.9 Å². The summed E-state index contributed by atoms with van der Waals surface area (Å²) in [5.74, 6) is -0.601. The van der Waals surface area contributed by atoms with Gasteiger partial charge in [-0.25, -0.2) is 0 Å². The number of aliphatic carboxylic acids is 2. The first-order chi connectivity index (χ1) is 14.1. The van der Waals surface area contributed by atoms with Crippen LogP contribution >= 0.6 is 0 Å². The second-order valence-electron chi connectivity index (χ2n) is 6.47. The molecule has 0 radical (unpaired) electrons. The first-order valence-electron chi connectivity index (χ1n) is 9.55. The number of benzene rings is 1. The second kappa shape index (κ2) is 15.1. The van der Waals surface area contributed by atoms with Crippen molar-refractivity contribution in [2.24, 2.45) is 5.73 Å². The summed E-state index contributed by atoms with van der Waals surface area (Å²) in [5, 5.41) is 18.2. The highest BCUT2D eigenvalue weighted by atomic mass is 16.5. The zero-order valence-corrected chi connectivity index (χ0v) is 18.0. The Morgan fingerprint density at radius 3 is 2.33 bits per heavy atom. The van der Waals surface area contributed by atoms with Gasteiger partial charge in [0.1, 0.15) is 0 Å². The first-order valence-corrected chi connectivity index (χ1v) is 9.55. The Morgan fingerprint density at radius 1 is 1.23 bits per heavy atom. The Kier molecular flexibility index (Phi) is 13.6. The number of carboxylic acid groups (broad SMARTS) is 2. The average Bonchev–Trinajstić information content (AvgIpc) is 2.67. The first kappa shape index (κ1) is 27.1. The van der Waals surface area contributed by atoms with Gasteiger partial charge < -0.3 is 35.6 Å². The van der Waals surface area contributed by atoms with Gasteiger partial charge in [0.25, 0.3) is 17.8 Å². The van der Waals surface area contributed by atoms with E-state index in [1.54, 1.807) is 19.2 Å². The lowest BCUT2D eigenvalue weighted by Gasteiger charge is -2.32. The number of carboxylic acids is 2. The number of piperazine rings is 1. The second-order valence-corrected chi connectivity index (χ2v) is 6.47. The fourth-order valence-electron chi connectivity index (χ4n) is 2.54. The lowest BCUT2D eigenvalue weighted by Crippen LogP contribution is -2.51. The third kappa shape index (κ3) is 11.2. The van der Waals surface area contributed by atoms with Crippen LogP contribution in [0.3, 0.4) is 0 Å². The highest BCUT2D eigenvalue weighted by Crippen LogP contribution is 2.32. The molecule has 170 valence electrons. The minimum Gasteiger partial charge on any atom is -0.493 e. The zero-order valence-electron chi connectivity index (χ0n) is 18.0. The molecule has 0 bridgehead atoms. The van der Waals surface area contributed by atoms with Gasteiger partial charge in [-0.05, 0) is 32.0 Å². The van der Waals surface area contributed by atoms with E-state index in [1.165, 1.54) is 0 Å². The SMILES string of the molecule is CC(=O)O.CC(=O)O.COc1cccc(C(=O)N2CCN[C@H](C)C2)c1OCCCN. The minimum atomic E-state index is -0.833. The molecule has 1 aliphatic heterocycles. The van der Waals surface area contributed by atoms with Crippen molar-refractivity contribution in [2.75, 3.05) is 39.9 Å². The molecular weight excluding hydrogens is 394 g/mol. The molecule has 2 rings (SSSR count). The molecule has 0 unspecified atom stereocenters. The quantitative estimate of drug-likeness (QED) is 0.488. The van der Waals surface area contributed by atoms with Crippen LogP contribution < -0.4 is 20.5 Å². The Labute approximate surface area is 176 Å². The van der Waals surface area contributed by atoms with Gasteiger partial charge in [0.15, 0.2) is 11.5 Å². The molecule has 0 spiro atoms. The van der Waals surface area contributed by atoms with Gasteiger partial charge in [0.2, 0.25) is 0 Å². The fourth-order valence-corrected chi connectivity index (χ4v) is 2.54. The maximum Gasteiger partial charge on any atom is 0.300 e. The Bertz CT molecular complexity index is 662. The van der Waals surface area contributed by atoms with Crippen LogP contribution in [0.15, 0.2) is 18.2 Å². The van der Waals surface area contributed by atoms with E-state index in [0.29, 0.717) is 49.3 Å². The van der Waals surface area contributed by atoms with Crippen LogP contribution in [0.2, 0.25) is 0 Å². The summed E-state index contributed by atoms with van der Waals surface area (Å²) < 4.78 is 11.1. The van der Waals surface area contributed by atoms with E-state index in [2.05, 4.69) is 12.2 Å². The van der Waals surface area contributed by atoms with Gasteiger partial charge in [0, 0.05) is 39.5 Å². The number of nitrogens with one attached hydrogen (secondary N) is 1. The van der Waals surface area contributed by atoms with Gasteiger partial charge in [-0.15, -0.1) is 0 Å². The predicted molar refractivity (Wildman–Crippen MR) is 112 cm³/mol. The van der Waals surface area contributed by atoms with Crippen molar-refractivity contribution in [3.63, 3.8) is 0 Å². The molecule has 1 saturated heterocycles. The number of para-hydroxylation sites is 1. The van der Waals surface area contributed by atoms with Crippen molar-refractivity contribution in [3.8, 4) is 11.5 Å². The molecule has 1 aromatic carbocycles. The molecule has 10 nitrogen and oxygen atoms in total. The summed E-state index contributed by atoms with van der Waals surface area (Å²) in [4.78, 5) is 32.7. The highest BCUT2D eigenvalue weighted by Gasteiger charge is 2.25. The number of amides is 1. The molecule has 0 aromatic heterocycles. The van der Waals surface area contributed by atoms with Crippen molar-refractivity contribution in [1.82, 2.24) is 10.2 Å². The third-order valence-electron chi connectivity index (χ3n) is 3.68. The van der Waals surface area contributed by atoms with E-state index in [4.69, 9.17) is 35.0 Å². The average molecular weight is 427 g/mol. The molecular formula is C20H33N3O7. The molecule has 10 heteroatoms. The molecule has 1 atom stereocenters. The third-order valence-corrected chi connectivity index (χ3v) is 3.68. The predicted octanol–water partition coefficient (Wildman–Crippen LogP) is 1.04. The molecule has 1 amide bonds. The molecule has 30 heavy (non-hydrogen) atoms. The normalized spacial score (nSPS) is 15.0. The van der Waals surface area contributed by atoms with Crippen molar-refractivity contribution in [2.45, 2.75) is 33.2 Å². The van der Waals surface area contributed by atoms with Gasteiger partial charge in [-0.3, -0.25) is 14.4 Å². The smallest absolute Gasteiger partial charge is 0.300 e. The maximum absolute atomic E-state index is 12.8. The highest BCUT2D eigenvalue weighted by molar-refractivity contribution is 5.98. The van der Waals surface area contributed by atoms with Crippen LogP contribution in [0, 0.1) is 0 Å². The Morgan fingerprint density at radius 2 is 1.83 bits per heavy atom. The number of rotatable bonds is 6. The topological polar surface area (TPSA) is 151 Å². The molecule has 1 aliphatic rings. The summed E-state index contributed by atoms with van der Waals surface area (Å²) in [7, 11) is 1.58. The Balaban J connectivity index is 0.000000901. The maximum atomic E-state index is 12.8. The van der Waals surface area contributed by atoms with Crippen LogP contribution in [0.1, 0.15) is 37.6 Å². The zero-order chi connectivity index (χ0) is 23.1. The molecule has 1 aromatic rings. The number of carbonyl (C=O) groups excluding carboxylic acids is 1. The minimum absolute atomic E-state index is 0.0185. The number of methoxy groups -OCH3 is 1. The molecule has 5 N–H and O–H groups in total. The van der Waals surface area contributed by atoms with Crippen LogP contribution in [-0.2, 0) is 9.59 Å². The van der Waals surface area contributed by atoms with E-state index in [0.717, 1.165) is 26.8 Å². The summed E-state index contributed by atoms with van der Waals surface area (Å²) in [6.45, 7) is 7.45. The summed E-state index contributed by atoms with van der Waals surface area (Å²) >= 11 is 0. The molecule has 0 saturated carbocycles. The van der Waals surface area contributed by atoms with Gasteiger partial charge in [0.05, 0.1) is 19.3 Å². The van der Waals surface area contributed by atoms with Crippen LogP contribution in [0.4, 0.5) is 0 Å². The summed E-state index contributed by atoms with van der Waals surface area (Å²) in [5.41, 5.74) is 6.05. The number of carbonyl (C=O) groups is 3. The summed E-state index contributed by atoms with van der Waals surface area (Å²) in [6, 6.07) is 5.70. The molecule has 0 aliphatic carbocycles. The van der Waals surface area contributed by atoms with E-state index in [9.17, 15) is 4.79 Å². The molecule has 1 fully saturated rings. The standard InChI is InChI=1S/C16H25N3O3.2C2H4O2/c1-12-11-19(9-8-18-12)16(20)13-5-3-6-14(21-2)15(13)22-10-4-7-17;2*1-2(3)4/h3,5-6,12,18H,4,7-11,17H2,1-2H3;2*1H3,(H,3,4)/t12-;;/m1../s1. The van der Waals surface area contributed by atoms with Crippen molar-refractivity contribution in [1.29, 1.82) is 0 Å². The Hall–Kier alpha value is -2.85. The number of nitrogens with two attached hydrogens (primary N) is 1. The van der Waals surface area contributed by atoms with Crippen LogP contribution in [0.25, 0.3) is 0 Å². The van der Waals surface area contributed by atoms with E-state index in [-0.39, 0.29) is 5.91 Å². The number of nitrogens with zero attached hydrogens (tertiary/aromatic N) is 1. The van der Waals surface area contributed by atoms with E-state index in [1.807, 2.05) is 11.0 Å². The number of hydrogen-bond acceptors (Lipinski definition) is 7. The van der Waals surface area contributed by atoms with E-state index >= 15 is 0 Å². The van der Waals surface area contributed by atoms with Gasteiger partial charge in [-0.2, -0.15) is 0 Å². The molecule has 1 heterocycles. The number of ether oxygens (including phenoxy) is 2. The van der Waals surface area contributed by atoms with Gasteiger partial charge in [-0.1, -0.05) is 6.07 Å². The monoisotopic (exact) mass is 427 g/mol. The lowest BCUT2D eigenvalue weighted by molar-refractivity contribution is -0.135. The van der Waals surface area contributed by atoms with Gasteiger partial charge >= 0.3 is 0 Å².